The number of carbonyl (C=O) groups excluding carboxylic acids is 3. The van der Waals surface area contributed by atoms with Crippen LogP contribution in [0.3, 0.4) is 0 Å². The third-order valence-electron chi connectivity index (χ3n) is 6.06. The lowest BCUT2D eigenvalue weighted by atomic mass is 9.98. The van der Waals surface area contributed by atoms with Crippen molar-refractivity contribution < 1.29 is 38.5 Å². The van der Waals surface area contributed by atoms with Gasteiger partial charge >= 0.3 is 24.1 Å². The number of alkyl carbamates (subject to hydrolysis) is 2. The number of nitrogens with one attached hydrogen (secondary N) is 2. The first-order chi connectivity index (χ1) is 19.8. The topological polar surface area (TPSA) is 140 Å². The number of aliphatic carboxylic acids is 1. The van der Waals surface area contributed by atoms with Gasteiger partial charge in [-0.25, -0.2) is 19.2 Å². The van der Waals surface area contributed by atoms with Crippen LogP contribution in [0, 0.1) is 0 Å². The van der Waals surface area contributed by atoms with Crippen molar-refractivity contribution in [2.45, 2.75) is 30.2 Å². The molecule has 218 valence electrons. The summed E-state index contributed by atoms with van der Waals surface area (Å²) in [7, 11) is 2.26. The normalized spacial score (nSPS) is 13.9. The van der Waals surface area contributed by atoms with Crippen LogP contribution in [0.5, 0.6) is 0 Å². The molecule has 10 nitrogen and oxygen atoms in total. The maximum atomic E-state index is 12.6. The van der Waals surface area contributed by atoms with E-state index in [-0.39, 0.29) is 31.5 Å². The second-order valence-corrected chi connectivity index (χ2v) is 11.7. The summed E-state index contributed by atoms with van der Waals surface area (Å²) in [6, 6.07) is 13.5. The summed E-state index contributed by atoms with van der Waals surface area (Å²) in [6.45, 7) is 8.58. The molecule has 0 spiro atoms. The van der Waals surface area contributed by atoms with E-state index in [1.54, 1.807) is 6.92 Å². The maximum Gasteiger partial charge on any atom is 0.408 e. The molecule has 0 radical (unpaired) electrons. The number of carboxylic acids is 1. The molecule has 0 heterocycles. The van der Waals surface area contributed by atoms with Crippen molar-refractivity contribution in [1.82, 2.24) is 10.6 Å². The van der Waals surface area contributed by atoms with Gasteiger partial charge in [-0.3, -0.25) is 0 Å². The Morgan fingerprint density at radius 1 is 0.902 bits per heavy atom. The molecule has 41 heavy (non-hydrogen) atoms. The molecule has 0 saturated carbocycles. The van der Waals surface area contributed by atoms with Gasteiger partial charge in [0.2, 0.25) is 0 Å². The van der Waals surface area contributed by atoms with Crippen LogP contribution >= 0.6 is 21.6 Å². The van der Waals surface area contributed by atoms with Gasteiger partial charge < -0.3 is 30.0 Å². The quantitative estimate of drug-likeness (QED) is 0.113. The minimum absolute atomic E-state index is 0.0378. The maximum absolute atomic E-state index is 12.6. The van der Waals surface area contributed by atoms with Gasteiger partial charge in [-0.15, -0.1) is 0 Å². The summed E-state index contributed by atoms with van der Waals surface area (Å²) in [4.78, 5) is 48.9. The minimum atomic E-state index is -1.26. The van der Waals surface area contributed by atoms with Crippen molar-refractivity contribution in [3.8, 4) is 11.1 Å². The van der Waals surface area contributed by atoms with Gasteiger partial charge in [0.1, 0.15) is 31.9 Å². The Balaban J connectivity index is 1.54. The molecule has 0 aromatic heterocycles. The molecule has 0 bridgehead atoms. The molecule has 3 atom stereocenters. The van der Waals surface area contributed by atoms with Gasteiger partial charge in [0.15, 0.2) is 0 Å². The van der Waals surface area contributed by atoms with Crippen LogP contribution in [0.2, 0.25) is 0 Å². The zero-order valence-electron chi connectivity index (χ0n) is 22.4. The van der Waals surface area contributed by atoms with E-state index in [4.69, 9.17) is 14.2 Å². The molecule has 0 unspecified atom stereocenters. The number of benzene rings is 2. The number of carbonyl (C=O) groups is 4. The Morgan fingerprint density at radius 3 is 2.05 bits per heavy atom. The molecule has 3 rings (SSSR count). The van der Waals surface area contributed by atoms with E-state index >= 15 is 0 Å². The van der Waals surface area contributed by atoms with Crippen LogP contribution in [0.1, 0.15) is 24.0 Å². The predicted octanol–water partition coefficient (Wildman–Crippen LogP) is 4.76. The van der Waals surface area contributed by atoms with E-state index in [0.717, 1.165) is 43.8 Å². The van der Waals surface area contributed by atoms with E-state index in [0.29, 0.717) is 0 Å². The number of esters is 1. The van der Waals surface area contributed by atoms with Crippen LogP contribution in [-0.4, -0.2) is 72.1 Å². The van der Waals surface area contributed by atoms with Gasteiger partial charge in [0.05, 0.1) is 0 Å². The highest BCUT2D eigenvalue weighted by molar-refractivity contribution is 8.77. The first-order valence-electron chi connectivity index (χ1n) is 12.7. The fourth-order valence-electron chi connectivity index (χ4n) is 4.13. The van der Waals surface area contributed by atoms with E-state index in [9.17, 15) is 24.3 Å². The third kappa shape index (κ3) is 8.79. The summed E-state index contributed by atoms with van der Waals surface area (Å²) in [5, 5.41) is 14.0. The molecule has 0 aliphatic heterocycles. The van der Waals surface area contributed by atoms with Crippen molar-refractivity contribution in [3.05, 3.63) is 85.0 Å². The Kier molecular flexibility index (Phi) is 12.2. The second kappa shape index (κ2) is 15.8. The van der Waals surface area contributed by atoms with Crippen molar-refractivity contribution >= 4 is 45.7 Å². The lowest BCUT2D eigenvalue weighted by Gasteiger charge is -2.23. The Labute approximate surface area is 246 Å². The molecule has 0 fully saturated rings. The van der Waals surface area contributed by atoms with Crippen LogP contribution in [0.4, 0.5) is 9.59 Å². The number of fused-ring (bicyclic) bond motifs is 3. The predicted molar refractivity (Wildman–Crippen MR) is 159 cm³/mol. The monoisotopic (exact) mass is 600 g/mol. The summed E-state index contributed by atoms with van der Waals surface area (Å²) in [6.07, 6.45) is 1.09. The third-order valence-corrected chi connectivity index (χ3v) is 8.97. The molecule has 12 heteroatoms. The van der Waals surface area contributed by atoms with E-state index in [1.807, 2.05) is 48.5 Å². The van der Waals surface area contributed by atoms with Gasteiger partial charge in [0.25, 0.3) is 0 Å². The molecular weight excluding hydrogens is 568 g/mol. The molecule has 2 amide bonds. The largest absolute Gasteiger partial charge is 0.480 e. The van der Waals surface area contributed by atoms with Crippen LogP contribution in [0.25, 0.3) is 11.1 Å². The molecule has 2 aromatic carbocycles. The average Bonchev–Trinajstić information content (AvgIpc) is 3.29. The van der Waals surface area contributed by atoms with Crippen molar-refractivity contribution in [1.29, 1.82) is 0 Å². The number of carboxylic acid groups (broad SMARTS) is 1. The van der Waals surface area contributed by atoms with Gasteiger partial charge in [0, 0.05) is 16.9 Å². The highest BCUT2D eigenvalue weighted by Gasteiger charge is 2.32. The highest BCUT2D eigenvalue weighted by Crippen LogP contribution is 2.44. The molecule has 1 aliphatic carbocycles. The summed E-state index contributed by atoms with van der Waals surface area (Å²) in [5.74, 6) is -2.14. The van der Waals surface area contributed by atoms with Crippen LogP contribution < -0.4 is 10.6 Å². The van der Waals surface area contributed by atoms with E-state index in [1.165, 1.54) is 12.2 Å². The zero-order valence-corrected chi connectivity index (χ0v) is 24.1. The second-order valence-electron chi connectivity index (χ2n) is 8.87. The van der Waals surface area contributed by atoms with E-state index in [2.05, 4.69) is 23.8 Å². The minimum Gasteiger partial charge on any atom is -0.480 e. The smallest absolute Gasteiger partial charge is 0.408 e. The number of amides is 2. The highest BCUT2D eigenvalue weighted by atomic mass is 33.1. The summed E-state index contributed by atoms with van der Waals surface area (Å²) < 4.78 is 15.4. The molecule has 2 aromatic rings. The fraction of sp³-hybridized carbons (Fsp3) is 0.310. The molecule has 3 N–H and O–H groups in total. The Morgan fingerprint density at radius 2 is 1.46 bits per heavy atom. The lowest BCUT2D eigenvalue weighted by Crippen LogP contribution is -2.47. The molecular formula is C29H32N2O8S2. The summed E-state index contributed by atoms with van der Waals surface area (Å²) in [5.41, 5.74) is 4.25. The number of hydrogen-bond donors (Lipinski definition) is 3. The lowest BCUT2D eigenvalue weighted by molar-refractivity contribution is -0.144. The van der Waals surface area contributed by atoms with E-state index < -0.39 is 41.5 Å². The SMILES string of the molecule is C=CCOC(=O)N[C@@H](C(=O)OCC=C)[C@H](C)SSC[C@H](NC(=O)OCC1c2ccccc2-c2ccccc21)C(=O)O. The van der Waals surface area contributed by atoms with Gasteiger partial charge in [-0.1, -0.05) is 95.4 Å². The Bertz CT molecular complexity index is 1230. The first kappa shape index (κ1) is 31.6. The number of hydrogen-bond acceptors (Lipinski definition) is 9. The number of rotatable bonds is 15. The Hall–Kier alpha value is -3.90. The standard InChI is InChI=1S/C29H32N2O8S2/c1-4-14-37-27(34)25(31-29(36)38-15-5-2)18(3)41-40-17-24(26(32)33)30-28(35)39-16-23-21-12-8-6-10-19(21)20-11-7-9-13-22(20)23/h4-13,18,23-25H,1-2,14-17H2,3H3,(H,30,35)(H,31,36)(H,32,33)/t18-,24-,25+/m0/s1. The molecule has 1 aliphatic rings. The fourth-order valence-corrected chi connectivity index (χ4v) is 6.70. The van der Waals surface area contributed by atoms with Crippen molar-refractivity contribution in [3.63, 3.8) is 0 Å². The van der Waals surface area contributed by atoms with Crippen LogP contribution in [0.15, 0.2) is 73.8 Å². The van der Waals surface area contributed by atoms with Gasteiger partial charge in [-0.2, -0.15) is 0 Å². The van der Waals surface area contributed by atoms with Gasteiger partial charge in [-0.05, 0) is 29.2 Å². The zero-order chi connectivity index (χ0) is 29.8. The summed E-state index contributed by atoms with van der Waals surface area (Å²) >= 11 is 0. The first-order valence-corrected chi connectivity index (χ1v) is 15.1. The molecule has 0 saturated heterocycles. The van der Waals surface area contributed by atoms with Crippen LogP contribution in [-0.2, 0) is 23.8 Å². The van der Waals surface area contributed by atoms with Crippen molar-refractivity contribution in [2.24, 2.45) is 0 Å². The number of ether oxygens (including phenoxy) is 3. The van der Waals surface area contributed by atoms with Crippen molar-refractivity contribution in [2.75, 3.05) is 25.6 Å². The average molecular weight is 601 g/mol.